The summed E-state index contributed by atoms with van der Waals surface area (Å²) >= 11 is 0. The van der Waals surface area contributed by atoms with Gasteiger partial charge in [-0.05, 0) is 0 Å². The molecule has 0 saturated heterocycles. The zero-order valence-electron chi connectivity index (χ0n) is 6.30. The number of carbonyl (C=O) groups is 2. The average Bonchev–Trinajstić information content (AvgIpc) is 2.49. The summed E-state index contributed by atoms with van der Waals surface area (Å²) in [5.41, 5.74) is 5.23. The zero-order valence-corrected chi connectivity index (χ0v) is 6.30. The van der Waals surface area contributed by atoms with Crippen LogP contribution >= 0.6 is 0 Å². The van der Waals surface area contributed by atoms with Crippen LogP contribution in [0.2, 0.25) is 0 Å². The minimum absolute atomic E-state index is 0.0769. The molecule has 1 atom stereocenters. The average molecular weight is 171 g/mol. The first kappa shape index (κ1) is 8.82. The van der Waals surface area contributed by atoms with Gasteiger partial charge in [0.2, 0.25) is 5.91 Å². The van der Waals surface area contributed by atoms with Gasteiger partial charge in [0.25, 0.3) is 5.91 Å². The van der Waals surface area contributed by atoms with Gasteiger partial charge in [-0.1, -0.05) is 0 Å². The molecule has 1 rings (SSSR count). The normalized spacial score (nSPS) is 18.5. The van der Waals surface area contributed by atoms with Gasteiger partial charge in [0.1, 0.15) is 18.9 Å². The van der Waals surface area contributed by atoms with E-state index >= 15 is 0 Å². The van der Waals surface area contributed by atoms with Gasteiger partial charge < -0.3 is 10.8 Å². The number of hydrogen-bond acceptors (Lipinski definition) is 4. The Morgan fingerprint density at radius 2 is 2.58 bits per heavy atom. The van der Waals surface area contributed by atoms with Gasteiger partial charge in [0.05, 0.1) is 6.61 Å². The Kier molecular flexibility index (Phi) is 2.51. The van der Waals surface area contributed by atoms with Crippen molar-refractivity contribution in [2.45, 2.75) is 6.04 Å². The van der Waals surface area contributed by atoms with Crippen LogP contribution in [-0.2, 0) is 9.59 Å². The molecule has 0 aromatic heterocycles. The lowest BCUT2D eigenvalue weighted by molar-refractivity contribution is -0.131. The molecule has 1 heterocycles. The second-order valence-corrected chi connectivity index (χ2v) is 2.39. The molecule has 0 aromatic rings. The quantitative estimate of drug-likeness (QED) is 0.488. The van der Waals surface area contributed by atoms with Crippen molar-refractivity contribution < 1.29 is 14.7 Å². The molecule has 1 aliphatic rings. The molecule has 0 fully saturated rings. The fourth-order valence-electron chi connectivity index (χ4n) is 0.787. The summed E-state index contributed by atoms with van der Waals surface area (Å²) in [6, 6.07) is -0.970. The maximum atomic E-state index is 11.1. The molecule has 3 N–H and O–H groups in total. The van der Waals surface area contributed by atoms with Crippen LogP contribution < -0.4 is 5.73 Å². The minimum Gasteiger partial charge on any atom is -0.394 e. The van der Waals surface area contributed by atoms with E-state index in [4.69, 9.17) is 10.8 Å². The lowest BCUT2D eigenvalue weighted by Crippen LogP contribution is -2.44. The predicted octanol–water partition coefficient (Wildman–Crippen LogP) is -2.30. The first-order chi connectivity index (χ1) is 5.65. The van der Waals surface area contributed by atoms with E-state index in [-0.39, 0.29) is 12.5 Å². The van der Waals surface area contributed by atoms with Gasteiger partial charge >= 0.3 is 0 Å². The van der Waals surface area contributed by atoms with Crippen molar-refractivity contribution in [3.8, 4) is 0 Å². The van der Waals surface area contributed by atoms with E-state index < -0.39 is 18.6 Å². The van der Waals surface area contributed by atoms with E-state index in [0.29, 0.717) is 0 Å². The number of nitrogens with zero attached hydrogens (tertiary/aromatic N) is 2. The lowest BCUT2D eigenvalue weighted by atomic mass is 10.3. The van der Waals surface area contributed by atoms with Crippen molar-refractivity contribution in [1.29, 1.82) is 0 Å². The predicted molar refractivity (Wildman–Crippen MR) is 40.3 cm³/mol. The first-order valence-corrected chi connectivity index (χ1v) is 3.39. The number of hydrogen-bond donors (Lipinski definition) is 2. The Labute approximate surface area is 68.7 Å². The highest BCUT2D eigenvalue weighted by Gasteiger charge is 2.24. The number of carbonyl (C=O) groups excluding carboxylic acids is 2. The number of nitrogens with two attached hydrogens (primary N) is 1. The fourth-order valence-corrected chi connectivity index (χ4v) is 0.787. The van der Waals surface area contributed by atoms with E-state index in [0.717, 1.165) is 11.2 Å². The molecule has 6 nitrogen and oxygen atoms in total. The van der Waals surface area contributed by atoms with Crippen LogP contribution in [-0.4, -0.2) is 47.4 Å². The van der Waals surface area contributed by atoms with Crippen LogP contribution in [0.1, 0.15) is 0 Å². The molecule has 66 valence electrons. The Balaban J connectivity index is 2.55. The van der Waals surface area contributed by atoms with Gasteiger partial charge in [-0.2, -0.15) is 0 Å². The van der Waals surface area contributed by atoms with Gasteiger partial charge in [-0.25, -0.2) is 4.99 Å². The molecule has 0 aliphatic carbocycles. The second-order valence-electron chi connectivity index (χ2n) is 2.39. The van der Waals surface area contributed by atoms with Gasteiger partial charge in [0, 0.05) is 0 Å². The highest BCUT2D eigenvalue weighted by molar-refractivity contribution is 6.02. The highest BCUT2D eigenvalue weighted by Crippen LogP contribution is 1.97. The standard InChI is InChI=1S/C6H9N3O3/c7-4(2-10)6(12)9-1-5(11)8-3-9/h3-4,10H,1-2,7H2/t4-/m0/s1. The molecular weight excluding hydrogens is 162 g/mol. The third kappa shape index (κ3) is 1.66. The van der Waals surface area contributed by atoms with E-state index in [9.17, 15) is 9.59 Å². The maximum absolute atomic E-state index is 11.1. The van der Waals surface area contributed by atoms with Crippen LogP contribution in [0.5, 0.6) is 0 Å². The topological polar surface area (TPSA) is 96.0 Å². The summed E-state index contributed by atoms with van der Waals surface area (Å²) in [5.74, 6) is -0.874. The van der Waals surface area contributed by atoms with Gasteiger partial charge in [-0.15, -0.1) is 0 Å². The molecule has 0 saturated carbocycles. The molecule has 0 spiro atoms. The SMILES string of the molecule is N[C@@H](CO)C(=O)N1C=NC(=O)C1. The molecule has 0 unspecified atom stereocenters. The van der Waals surface area contributed by atoms with Crippen molar-refractivity contribution in [2.24, 2.45) is 10.7 Å². The van der Waals surface area contributed by atoms with Crippen molar-refractivity contribution in [1.82, 2.24) is 4.90 Å². The van der Waals surface area contributed by atoms with E-state index in [2.05, 4.69) is 4.99 Å². The Hall–Kier alpha value is -1.27. The third-order valence-corrected chi connectivity index (χ3v) is 1.44. The number of amides is 2. The molecule has 0 bridgehead atoms. The monoisotopic (exact) mass is 171 g/mol. The van der Waals surface area contributed by atoms with Crippen LogP contribution in [0.15, 0.2) is 4.99 Å². The summed E-state index contributed by atoms with van der Waals surface area (Å²) in [6.07, 6.45) is 1.13. The van der Waals surface area contributed by atoms with E-state index in [1.807, 2.05) is 0 Å². The number of rotatable bonds is 2. The maximum Gasteiger partial charge on any atom is 0.267 e. The summed E-state index contributed by atoms with van der Waals surface area (Å²) in [5, 5.41) is 8.53. The van der Waals surface area contributed by atoms with Crippen LogP contribution in [0, 0.1) is 0 Å². The van der Waals surface area contributed by atoms with Crippen LogP contribution in [0.3, 0.4) is 0 Å². The summed E-state index contributed by atoms with van der Waals surface area (Å²) in [6.45, 7) is -0.510. The van der Waals surface area contributed by atoms with Crippen molar-refractivity contribution in [2.75, 3.05) is 13.2 Å². The van der Waals surface area contributed by atoms with Gasteiger partial charge in [-0.3, -0.25) is 14.5 Å². The minimum atomic E-state index is -0.970. The van der Waals surface area contributed by atoms with Gasteiger partial charge in [0.15, 0.2) is 0 Å². The molecule has 1 aliphatic heterocycles. The Morgan fingerprint density at radius 3 is 3.00 bits per heavy atom. The molecule has 6 heteroatoms. The largest absolute Gasteiger partial charge is 0.394 e. The molecular formula is C6H9N3O3. The van der Waals surface area contributed by atoms with E-state index in [1.165, 1.54) is 0 Å². The smallest absolute Gasteiger partial charge is 0.267 e. The number of aliphatic imine (C=N–C) groups is 1. The molecule has 2 amide bonds. The fraction of sp³-hybridized carbons (Fsp3) is 0.500. The lowest BCUT2D eigenvalue weighted by Gasteiger charge is -2.14. The second kappa shape index (κ2) is 3.42. The highest BCUT2D eigenvalue weighted by atomic mass is 16.3. The Morgan fingerprint density at radius 1 is 1.92 bits per heavy atom. The summed E-state index contributed by atoms with van der Waals surface area (Å²) < 4.78 is 0. The molecule has 0 aromatic carbocycles. The van der Waals surface area contributed by atoms with Crippen molar-refractivity contribution in [3.63, 3.8) is 0 Å². The van der Waals surface area contributed by atoms with Crippen LogP contribution in [0.4, 0.5) is 0 Å². The third-order valence-electron chi connectivity index (χ3n) is 1.44. The number of aliphatic hydroxyl groups is 1. The Bertz CT molecular complexity index is 238. The first-order valence-electron chi connectivity index (χ1n) is 3.39. The van der Waals surface area contributed by atoms with Crippen molar-refractivity contribution in [3.05, 3.63) is 0 Å². The van der Waals surface area contributed by atoms with Crippen LogP contribution in [0.25, 0.3) is 0 Å². The summed E-state index contributed by atoms with van der Waals surface area (Å²) in [4.78, 5) is 26.1. The van der Waals surface area contributed by atoms with Crippen molar-refractivity contribution >= 4 is 18.2 Å². The molecule has 0 radical (unpaired) electrons. The summed E-state index contributed by atoms with van der Waals surface area (Å²) in [7, 11) is 0. The molecule has 12 heavy (non-hydrogen) atoms. The number of aliphatic hydroxyl groups excluding tert-OH is 1. The zero-order chi connectivity index (χ0) is 9.14. The van der Waals surface area contributed by atoms with E-state index in [1.54, 1.807) is 0 Å².